The van der Waals surface area contributed by atoms with Crippen LogP contribution in [0.4, 0.5) is 4.79 Å². The number of nitrogens with zero attached hydrogens (tertiary/aromatic N) is 2. The van der Waals surface area contributed by atoms with Crippen molar-refractivity contribution in [1.82, 2.24) is 9.80 Å². The van der Waals surface area contributed by atoms with Gasteiger partial charge in [0.05, 0.1) is 0 Å². The maximum absolute atomic E-state index is 11.9. The maximum Gasteiger partial charge on any atom is 0.411 e. The molecule has 0 saturated heterocycles. The molecule has 0 aromatic heterocycles. The molecule has 4 heteroatoms. The molecule has 0 atom stereocenters. The zero-order chi connectivity index (χ0) is 15.8. The minimum atomic E-state index is -0.788. The lowest BCUT2D eigenvalue weighted by Crippen LogP contribution is -2.57. The van der Waals surface area contributed by atoms with Gasteiger partial charge in [-0.15, -0.1) is 0 Å². The molecule has 1 fully saturated rings. The van der Waals surface area contributed by atoms with Crippen LogP contribution >= 0.6 is 0 Å². The third kappa shape index (κ3) is 3.25. The highest BCUT2D eigenvalue weighted by Crippen LogP contribution is 2.39. The summed E-state index contributed by atoms with van der Waals surface area (Å²) in [6.07, 6.45) is 7.69. The summed E-state index contributed by atoms with van der Waals surface area (Å²) in [5, 5.41) is 9.76. The fraction of sp³-hybridized carbons (Fsp3) is 0.824. The number of hydrogen-bond acceptors (Lipinski definition) is 2. The van der Waals surface area contributed by atoms with Crippen molar-refractivity contribution in [3.63, 3.8) is 0 Å². The molecule has 0 radical (unpaired) electrons. The quantitative estimate of drug-likeness (QED) is 0.834. The van der Waals surface area contributed by atoms with E-state index in [1.807, 2.05) is 0 Å². The van der Waals surface area contributed by atoms with Gasteiger partial charge in [0.15, 0.2) is 0 Å². The van der Waals surface area contributed by atoms with Crippen molar-refractivity contribution in [2.75, 3.05) is 7.05 Å². The molecule has 1 aliphatic carbocycles. The van der Waals surface area contributed by atoms with Gasteiger partial charge in [0.25, 0.3) is 0 Å². The third-order valence-corrected chi connectivity index (χ3v) is 5.36. The summed E-state index contributed by atoms with van der Waals surface area (Å²) < 4.78 is 0. The molecular formula is C17H30N2O2. The number of carboxylic acid groups (broad SMARTS) is 1. The Bertz CT molecular complexity index is 434. The monoisotopic (exact) mass is 294 g/mol. The molecule has 21 heavy (non-hydrogen) atoms. The highest BCUT2D eigenvalue weighted by molar-refractivity contribution is 5.68. The zero-order valence-corrected chi connectivity index (χ0v) is 14.1. The predicted molar refractivity (Wildman–Crippen MR) is 85.4 cm³/mol. The van der Waals surface area contributed by atoms with E-state index >= 15 is 0 Å². The van der Waals surface area contributed by atoms with E-state index in [1.54, 1.807) is 4.90 Å². The van der Waals surface area contributed by atoms with Crippen LogP contribution in [0.2, 0.25) is 0 Å². The Labute approximate surface area is 128 Å². The van der Waals surface area contributed by atoms with Crippen LogP contribution in [0.15, 0.2) is 11.8 Å². The summed E-state index contributed by atoms with van der Waals surface area (Å²) in [6, 6.07) is 0.164. The van der Waals surface area contributed by atoms with Crippen molar-refractivity contribution in [2.45, 2.75) is 83.3 Å². The molecular weight excluding hydrogens is 264 g/mol. The van der Waals surface area contributed by atoms with Gasteiger partial charge in [-0.05, 0) is 53.7 Å². The van der Waals surface area contributed by atoms with Gasteiger partial charge >= 0.3 is 6.09 Å². The average molecular weight is 294 g/mol. The number of likely N-dealkylation sites (N-methyl/N-ethyl adjacent to an activating group) is 1. The van der Waals surface area contributed by atoms with Crippen molar-refractivity contribution < 1.29 is 9.90 Å². The van der Waals surface area contributed by atoms with Crippen molar-refractivity contribution >= 4 is 6.09 Å². The van der Waals surface area contributed by atoms with Gasteiger partial charge in [0, 0.05) is 29.2 Å². The van der Waals surface area contributed by atoms with Gasteiger partial charge in [-0.25, -0.2) is 4.79 Å². The summed E-state index contributed by atoms with van der Waals surface area (Å²) in [7, 11) is 2.12. The Morgan fingerprint density at radius 2 is 1.81 bits per heavy atom. The van der Waals surface area contributed by atoms with Crippen LogP contribution in [0.5, 0.6) is 0 Å². The third-order valence-electron chi connectivity index (χ3n) is 5.36. The second-order valence-corrected chi connectivity index (χ2v) is 7.78. The SMILES string of the molecule is CN1C(C)(C)C=C(N(C(=O)O)C2CCCCC2)CC1(C)C. The molecule has 0 aromatic rings. The lowest BCUT2D eigenvalue weighted by atomic mass is 9.82. The first-order valence-electron chi connectivity index (χ1n) is 8.13. The summed E-state index contributed by atoms with van der Waals surface area (Å²) in [4.78, 5) is 15.9. The fourth-order valence-corrected chi connectivity index (χ4v) is 3.90. The van der Waals surface area contributed by atoms with E-state index in [9.17, 15) is 9.90 Å². The molecule has 1 saturated carbocycles. The molecule has 120 valence electrons. The summed E-state index contributed by atoms with van der Waals surface area (Å²) >= 11 is 0. The van der Waals surface area contributed by atoms with Crippen molar-refractivity contribution in [1.29, 1.82) is 0 Å². The lowest BCUT2D eigenvalue weighted by Gasteiger charge is -2.51. The summed E-state index contributed by atoms with van der Waals surface area (Å²) in [6.45, 7) is 8.72. The molecule has 4 nitrogen and oxygen atoms in total. The minimum absolute atomic E-state index is 0.0318. The van der Waals surface area contributed by atoms with E-state index in [1.165, 1.54) is 6.42 Å². The molecule has 2 rings (SSSR count). The normalized spacial score (nSPS) is 26.2. The average Bonchev–Trinajstić information content (AvgIpc) is 2.36. The Morgan fingerprint density at radius 1 is 1.24 bits per heavy atom. The molecule has 1 N–H and O–H groups in total. The van der Waals surface area contributed by atoms with E-state index in [4.69, 9.17) is 0 Å². The smallest absolute Gasteiger partial charge is 0.411 e. The minimum Gasteiger partial charge on any atom is -0.465 e. The van der Waals surface area contributed by atoms with E-state index < -0.39 is 6.09 Å². The molecule has 1 heterocycles. The van der Waals surface area contributed by atoms with Gasteiger partial charge in [0.1, 0.15) is 0 Å². The standard InChI is InChI=1S/C17H30N2O2/c1-16(2)11-14(12-17(3,4)18(16)5)19(15(20)21)13-9-7-6-8-10-13/h11,13H,6-10,12H2,1-5H3,(H,20,21). The van der Waals surface area contributed by atoms with Crippen LogP contribution in [0.1, 0.15) is 66.2 Å². The van der Waals surface area contributed by atoms with E-state index in [2.05, 4.69) is 45.7 Å². The highest BCUT2D eigenvalue weighted by atomic mass is 16.4. The van der Waals surface area contributed by atoms with Gasteiger partial charge in [-0.1, -0.05) is 19.3 Å². The molecule has 0 bridgehead atoms. The van der Waals surface area contributed by atoms with Gasteiger partial charge in [0.2, 0.25) is 0 Å². The van der Waals surface area contributed by atoms with Crippen molar-refractivity contribution in [3.05, 3.63) is 11.8 Å². The number of carbonyl (C=O) groups is 1. The van der Waals surface area contributed by atoms with Gasteiger partial charge in [-0.2, -0.15) is 0 Å². The van der Waals surface area contributed by atoms with Crippen LogP contribution in [-0.4, -0.2) is 45.2 Å². The number of hydrogen-bond donors (Lipinski definition) is 1. The van der Waals surface area contributed by atoms with Gasteiger partial charge < -0.3 is 5.11 Å². The maximum atomic E-state index is 11.9. The van der Waals surface area contributed by atoms with E-state index in [-0.39, 0.29) is 17.1 Å². The summed E-state index contributed by atoms with van der Waals surface area (Å²) in [5.74, 6) is 0. The molecule has 1 amide bonds. The van der Waals surface area contributed by atoms with Crippen LogP contribution in [0.3, 0.4) is 0 Å². The second kappa shape index (κ2) is 5.64. The topological polar surface area (TPSA) is 43.8 Å². The molecule has 0 aromatic carbocycles. The number of rotatable bonds is 2. The lowest BCUT2D eigenvalue weighted by molar-refractivity contribution is 0.0447. The second-order valence-electron chi connectivity index (χ2n) is 7.78. The van der Waals surface area contributed by atoms with E-state index in [0.29, 0.717) is 0 Å². The Kier molecular flexibility index (Phi) is 4.39. The van der Waals surface area contributed by atoms with Crippen molar-refractivity contribution in [3.8, 4) is 0 Å². The largest absolute Gasteiger partial charge is 0.465 e. The van der Waals surface area contributed by atoms with Crippen molar-refractivity contribution in [2.24, 2.45) is 0 Å². The van der Waals surface area contributed by atoms with Crippen LogP contribution in [0.25, 0.3) is 0 Å². The first kappa shape index (κ1) is 16.3. The predicted octanol–water partition coefficient (Wildman–Crippen LogP) is 4.08. The van der Waals surface area contributed by atoms with Crippen LogP contribution in [0, 0.1) is 0 Å². The molecule has 0 spiro atoms. The molecule has 1 aliphatic heterocycles. The molecule has 0 unspecified atom stereocenters. The highest BCUT2D eigenvalue weighted by Gasteiger charge is 2.42. The Balaban J connectivity index is 2.33. The van der Waals surface area contributed by atoms with Crippen LogP contribution in [-0.2, 0) is 0 Å². The first-order valence-corrected chi connectivity index (χ1v) is 8.13. The molecule has 2 aliphatic rings. The van der Waals surface area contributed by atoms with Crippen LogP contribution < -0.4 is 0 Å². The van der Waals surface area contributed by atoms with Gasteiger partial charge in [-0.3, -0.25) is 9.80 Å². The Morgan fingerprint density at radius 3 is 2.29 bits per heavy atom. The fourth-order valence-electron chi connectivity index (χ4n) is 3.90. The van der Waals surface area contributed by atoms with E-state index in [0.717, 1.165) is 37.8 Å². The first-order chi connectivity index (χ1) is 9.65. The Hall–Kier alpha value is -1.03. The number of amides is 1. The zero-order valence-electron chi connectivity index (χ0n) is 14.1. The summed E-state index contributed by atoms with van der Waals surface area (Å²) in [5.41, 5.74) is 0.831.